The summed E-state index contributed by atoms with van der Waals surface area (Å²) in [4.78, 5) is 28.1. The Kier molecular flexibility index (Phi) is 7.26. The normalized spacial score (nSPS) is 15.0. The monoisotopic (exact) mass is 525 g/mol. The zero-order valence-corrected chi connectivity index (χ0v) is 22.8. The van der Waals surface area contributed by atoms with Crippen LogP contribution in [-0.2, 0) is 16.8 Å². The van der Waals surface area contributed by atoms with E-state index in [1.165, 1.54) is 0 Å². The number of hydrogen-bond donors (Lipinski definition) is 2. The van der Waals surface area contributed by atoms with Crippen LogP contribution < -0.4 is 5.32 Å². The minimum atomic E-state index is -0.612. The van der Waals surface area contributed by atoms with Gasteiger partial charge in [-0.2, -0.15) is 18.6 Å². The summed E-state index contributed by atoms with van der Waals surface area (Å²) < 4.78 is 6.06. The molecule has 0 spiro atoms. The third kappa shape index (κ3) is 4.78. The third-order valence-corrected chi connectivity index (χ3v) is 7.28. The van der Waals surface area contributed by atoms with E-state index < -0.39 is 5.54 Å². The van der Waals surface area contributed by atoms with E-state index >= 15 is 0 Å². The van der Waals surface area contributed by atoms with E-state index in [1.807, 2.05) is 70.1 Å². The highest BCUT2D eigenvalue weighted by Crippen LogP contribution is 2.42. The van der Waals surface area contributed by atoms with Crippen LogP contribution in [0, 0.1) is 6.92 Å². The summed E-state index contributed by atoms with van der Waals surface area (Å²) in [7, 11) is 3.94. The molecule has 190 valence electrons. The Bertz CT molecular complexity index is 1370. The molecule has 1 aliphatic rings. The molecule has 4 heterocycles. The molecule has 5 rings (SSSR count). The Balaban J connectivity index is 0.00000304. The number of nitrogens with one attached hydrogen (secondary N) is 2. The lowest BCUT2D eigenvalue weighted by molar-refractivity contribution is 0.0259. The maximum absolute atomic E-state index is 13.5. The van der Waals surface area contributed by atoms with Crippen LogP contribution >= 0.6 is 24.8 Å². The van der Waals surface area contributed by atoms with Crippen LogP contribution in [0.25, 0.3) is 10.2 Å². The van der Waals surface area contributed by atoms with Crippen LogP contribution in [0.15, 0.2) is 42.7 Å². The van der Waals surface area contributed by atoms with Crippen molar-refractivity contribution in [2.24, 2.45) is 0 Å². The van der Waals surface area contributed by atoms with Crippen LogP contribution in [0.1, 0.15) is 41.6 Å². The fourth-order valence-corrected chi connectivity index (χ4v) is 5.34. The molecule has 0 saturated heterocycles. The first kappa shape index (κ1) is 25.9. The Labute approximate surface area is 221 Å². The zero-order chi connectivity index (χ0) is 24.7. The molecule has 0 saturated carbocycles. The second-order valence-electron chi connectivity index (χ2n) is 9.54. The van der Waals surface area contributed by atoms with Crippen molar-refractivity contribution in [1.82, 2.24) is 30.0 Å². The summed E-state index contributed by atoms with van der Waals surface area (Å²) in [6.45, 7) is 7.01. The van der Waals surface area contributed by atoms with Crippen molar-refractivity contribution in [2.45, 2.75) is 39.0 Å². The van der Waals surface area contributed by atoms with E-state index in [-0.39, 0.29) is 25.7 Å². The van der Waals surface area contributed by atoms with Crippen molar-refractivity contribution in [2.75, 3.05) is 26.0 Å². The number of likely N-dealkylation sites (N-methyl/N-ethyl adjacent to an activating group) is 1. The maximum atomic E-state index is 13.5. The van der Waals surface area contributed by atoms with Crippen molar-refractivity contribution >= 4 is 52.8 Å². The molecule has 1 atom stereocenters. The quantitative estimate of drug-likeness (QED) is 0.363. The molecule has 1 aromatic carbocycles. The molecule has 0 fully saturated rings. The second kappa shape index (κ2) is 10.1. The number of carbonyl (C=O) groups excluding carboxylic acids is 1. The average molecular weight is 526 g/mol. The van der Waals surface area contributed by atoms with E-state index in [4.69, 9.17) is 4.74 Å². The Hall–Kier alpha value is -3.15. The smallest absolute Gasteiger partial charge is 0.411 e. The minimum Gasteiger partial charge on any atom is -0.440 e. The molecule has 3 aromatic heterocycles. The number of H-pyrrole nitrogens is 1. The number of amides is 1. The van der Waals surface area contributed by atoms with Gasteiger partial charge >= 0.3 is 6.09 Å². The van der Waals surface area contributed by atoms with Crippen LogP contribution in [0.5, 0.6) is 0 Å². The first-order valence-corrected chi connectivity index (χ1v) is 12.3. The number of fused-ring (bicyclic) bond motifs is 2. The predicted molar refractivity (Wildman–Crippen MR) is 147 cm³/mol. The van der Waals surface area contributed by atoms with Gasteiger partial charge in [0.05, 0.1) is 23.2 Å². The van der Waals surface area contributed by atoms with Gasteiger partial charge in [0.1, 0.15) is 23.1 Å². The van der Waals surface area contributed by atoms with Gasteiger partial charge in [0.2, 0.25) is 0 Å². The van der Waals surface area contributed by atoms with E-state index in [0.29, 0.717) is 24.7 Å². The largest absolute Gasteiger partial charge is 0.440 e. The van der Waals surface area contributed by atoms with Gasteiger partial charge in [-0.1, -0.05) is 30.3 Å². The van der Waals surface area contributed by atoms with Crippen LogP contribution in [-0.4, -0.2) is 56.7 Å². The topological polar surface area (TPSA) is 99.3 Å². The number of aromatic nitrogens is 4. The fraction of sp³-hybridized carbons (Fsp3) is 0.360. The summed E-state index contributed by atoms with van der Waals surface area (Å²) in [5.74, 6) is 1.35. The SMILES string of the molecule is Cc1cc2c(Nc3n[nH]c4c3CN(C(=O)O[C@H](CN(C)C)c3ccccc3)C4(C)C)ncnc2s1.S. The van der Waals surface area contributed by atoms with Gasteiger partial charge in [-0.15, -0.1) is 11.3 Å². The van der Waals surface area contributed by atoms with Gasteiger partial charge in [0, 0.05) is 17.0 Å². The lowest BCUT2D eigenvalue weighted by Gasteiger charge is -2.33. The number of hydrogen-bond acceptors (Lipinski definition) is 8. The third-order valence-electron chi connectivity index (χ3n) is 6.33. The number of aryl methyl sites for hydroxylation is 1. The van der Waals surface area contributed by atoms with Gasteiger partial charge in [0.25, 0.3) is 0 Å². The van der Waals surface area contributed by atoms with Crippen molar-refractivity contribution in [3.05, 3.63) is 64.4 Å². The van der Waals surface area contributed by atoms with Crippen LogP contribution in [0.4, 0.5) is 16.4 Å². The summed E-state index contributed by atoms with van der Waals surface area (Å²) in [6, 6.07) is 11.9. The Morgan fingerprint density at radius 2 is 2.00 bits per heavy atom. The van der Waals surface area contributed by atoms with Gasteiger partial charge in [0.15, 0.2) is 5.82 Å². The molecule has 0 aliphatic carbocycles. The summed E-state index contributed by atoms with van der Waals surface area (Å²) in [5, 5.41) is 12.0. The van der Waals surface area contributed by atoms with E-state index in [2.05, 4.69) is 31.5 Å². The molecule has 4 aromatic rings. The lowest BCUT2D eigenvalue weighted by Crippen LogP contribution is -2.42. The van der Waals surface area contributed by atoms with Crippen molar-refractivity contribution in [1.29, 1.82) is 0 Å². The van der Waals surface area contributed by atoms with Gasteiger partial charge in [-0.3, -0.25) is 10.00 Å². The zero-order valence-electron chi connectivity index (χ0n) is 21.0. The number of benzene rings is 1. The summed E-state index contributed by atoms with van der Waals surface area (Å²) in [6.07, 6.45) is 0.815. The van der Waals surface area contributed by atoms with Crippen molar-refractivity contribution in [3.63, 3.8) is 0 Å². The number of thiophene rings is 1. The van der Waals surface area contributed by atoms with E-state index in [9.17, 15) is 4.79 Å². The van der Waals surface area contributed by atoms with Crippen molar-refractivity contribution < 1.29 is 9.53 Å². The van der Waals surface area contributed by atoms with E-state index in [1.54, 1.807) is 22.6 Å². The number of carbonyl (C=O) groups is 1. The van der Waals surface area contributed by atoms with E-state index in [0.717, 1.165) is 31.9 Å². The minimum absolute atomic E-state index is 0. The highest BCUT2D eigenvalue weighted by molar-refractivity contribution is 7.59. The van der Waals surface area contributed by atoms with Crippen LogP contribution in [0.3, 0.4) is 0 Å². The highest BCUT2D eigenvalue weighted by Gasteiger charge is 2.45. The standard InChI is InChI=1S/C25H29N7O2S.H2S/c1-15-11-17-21(26-14-27-23(17)35-15)28-22-18-12-32(25(2,3)20(18)29-30-22)24(33)34-19(13-31(4)5)16-9-7-6-8-10-16;/h6-11,14,19H,12-13H2,1-5H3,(H2,26,27,28,29,30);1H2/t19-;/m1./s1. The maximum Gasteiger partial charge on any atom is 0.411 e. The number of anilines is 2. The molecular formula is C25H31N7O2S2. The molecule has 1 aliphatic heterocycles. The second-order valence-corrected chi connectivity index (χ2v) is 10.8. The first-order valence-electron chi connectivity index (χ1n) is 11.5. The summed E-state index contributed by atoms with van der Waals surface area (Å²) >= 11 is 1.62. The molecule has 0 radical (unpaired) electrons. The number of aromatic amines is 1. The lowest BCUT2D eigenvalue weighted by atomic mass is 10.0. The fourth-order valence-electron chi connectivity index (χ4n) is 4.50. The first-order chi connectivity index (χ1) is 16.7. The van der Waals surface area contributed by atoms with Gasteiger partial charge in [-0.25, -0.2) is 14.8 Å². The molecule has 0 unspecified atom stereocenters. The molecule has 2 N–H and O–H groups in total. The molecular weight excluding hydrogens is 494 g/mol. The molecule has 9 nitrogen and oxygen atoms in total. The van der Waals surface area contributed by atoms with Crippen molar-refractivity contribution in [3.8, 4) is 0 Å². The van der Waals surface area contributed by atoms with Crippen LogP contribution in [0.2, 0.25) is 0 Å². The molecule has 0 bridgehead atoms. The molecule has 11 heteroatoms. The average Bonchev–Trinajstić information content (AvgIpc) is 3.47. The molecule has 36 heavy (non-hydrogen) atoms. The highest BCUT2D eigenvalue weighted by atomic mass is 32.1. The van der Waals surface area contributed by atoms with Gasteiger partial charge in [-0.05, 0) is 46.5 Å². The number of nitrogens with zero attached hydrogens (tertiary/aromatic N) is 5. The number of ether oxygens (including phenoxy) is 1. The number of rotatable bonds is 6. The Morgan fingerprint density at radius 3 is 2.72 bits per heavy atom. The summed E-state index contributed by atoms with van der Waals surface area (Å²) in [5.41, 5.74) is 2.16. The predicted octanol–water partition coefficient (Wildman–Crippen LogP) is 5.07. The Morgan fingerprint density at radius 1 is 1.25 bits per heavy atom. The molecule has 1 amide bonds. The van der Waals surface area contributed by atoms with Gasteiger partial charge < -0.3 is 15.0 Å².